The Morgan fingerprint density at radius 2 is 1.41 bits per heavy atom. The van der Waals surface area contributed by atoms with Crippen molar-refractivity contribution >= 4 is 23.4 Å². The molecular weight excluding hydrogens is 286 g/mol. The van der Waals surface area contributed by atoms with E-state index in [-0.39, 0.29) is 5.75 Å². The van der Waals surface area contributed by atoms with Gasteiger partial charge in [-0.25, -0.2) is 0 Å². The van der Waals surface area contributed by atoms with Crippen LogP contribution in [-0.4, -0.2) is 22.8 Å². The monoisotopic (exact) mass is 299 g/mol. The summed E-state index contributed by atoms with van der Waals surface area (Å²) in [6.07, 6.45) is 0. The Hall–Kier alpha value is -3.35. The number of rotatable bonds is 2. The molecule has 0 aliphatic rings. The number of phenolic OH excluding ortho intramolecular Hbond substituents is 1. The smallest absolute Gasteiger partial charge is 0.328 e. The van der Waals surface area contributed by atoms with Gasteiger partial charge in [-0.15, -0.1) is 0 Å². The van der Waals surface area contributed by atoms with Crippen molar-refractivity contribution in [3.63, 3.8) is 0 Å². The molecule has 0 aliphatic heterocycles. The van der Waals surface area contributed by atoms with Gasteiger partial charge in [0.2, 0.25) is 0 Å². The van der Waals surface area contributed by atoms with Crippen LogP contribution in [0.4, 0.5) is 5.69 Å². The molecule has 7 nitrogen and oxygen atoms in total. The van der Waals surface area contributed by atoms with Crippen LogP contribution in [0.3, 0.4) is 0 Å². The van der Waals surface area contributed by atoms with Gasteiger partial charge >= 0.3 is 11.8 Å². The van der Waals surface area contributed by atoms with Crippen molar-refractivity contribution in [1.29, 1.82) is 0 Å². The standard InChI is InChI=1S/C15H13N3O4/c19-12-8-6-11(7-9-12)16-14(21)15(22)18-17-13(20)10-4-2-1-3-5-10/h1-9,19H,(H,16,21)(H,17,20)(H,18,22). The number of nitrogens with one attached hydrogen (secondary N) is 3. The predicted molar refractivity (Wildman–Crippen MR) is 78.8 cm³/mol. The molecule has 0 saturated carbocycles. The summed E-state index contributed by atoms with van der Waals surface area (Å²) in [5, 5.41) is 11.4. The molecule has 2 rings (SSSR count). The van der Waals surface area contributed by atoms with Crippen LogP contribution in [0.1, 0.15) is 10.4 Å². The van der Waals surface area contributed by atoms with Crippen LogP contribution in [-0.2, 0) is 9.59 Å². The van der Waals surface area contributed by atoms with E-state index in [1.54, 1.807) is 30.3 Å². The Kier molecular flexibility index (Phi) is 4.71. The van der Waals surface area contributed by atoms with Crippen LogP contribution in [0.15, 0.2) is 54.6 Å². The molecule has 112 valence electrons. The summed E-state index contributed by atoms with van der Waals surface area (Å²) in [4.78, 5) is 34.9. The van der Waals surface area contributed by atoms with Gasteiger partial charge in [0.15, 0.2) is 0 Å². The lowest BCUT2D eigenvalue weighted by atomic mass is 10.2. The second-order valence-electron chi connectivity index (χ2n) is 4.28. The first-order chi connectivity index (χ1) is 10.6. The topological polar surface area (TPSA) is 108 Å². The Morgan fingerprint density at radius 3 is 2.05 bits per heavy atom. The minimum atomic E-state index is -1.02. The summed E-state index contributed by atoms with van der Waals surface area (Å²) in [7, 11) is 0. The summed E-state index contributed by atoms with van der Waals surface area (Å²) < 4.78 is 0. The number of carbonyl (C=O) groups excluding carboxylic acids is 3. The van der Waals surface area contributed by atoms with E-state index in [4.69, 9.17) is 5.11 Å². The maximum Gasteiger partial charge on any atom is 0.328 e. The molecule has 7 heteroatoms. The maximum absolute atomic E-state index is 11.7. The number of hydrazine groups is 1. The first-order valence-corrected chi connectivity index (χ1v) is 6.32. The van der Waals surface area contributed by atoms with E-state index in [0.29, 0.717) is 11.3 Å². The van der Waals surface area contributed by atoms with E-state index in [1.807, 2.05) is 5.43 Å². The van der Waals surface area contributed by atoms with Gasteiger partial charge in [-0.1, -0.05) is 18.2 Å². The Bertz CT molecular complexity index is 684. The van der Waals surface area contributed by atoms with Crippen molar-refractivity contribution in [2.24, 2.45) is 0 Å². The summed E-state index contributed by atoms with van der Waals surface area (Å²) in [5.41, 5.74) is 4.84. The van der Waals surface area contributed by atoms with Crippen molar-refractivity contribution in [2.75, 3.05) is 5.32 Å². The summed E-state index contributed by atoms with van der Waals surface area (Å²) in [5.74, 6) is -2.46. The largest absolute Gasteiger partial charge is 0.508 e. The fourth-order valence-corrected chi connectivity index (χ4v) is 1.56. The van der Waals surface area contributed by atoms with E-state index >= 15 is 0 Å². The van der Waals surface area contributed by atoms with Crippen LogP contribution >= 0.6 is 0 Å². The zero-order chi connectivity index (χ0) is 15.9. The zero-order valence-electron chi connectivity index (χ0n) is 11.4. The SMILES string of the molecule is O=C(NNC(=O)c1ccccc1)C(=O)Nc1ccc(O)cc1. The third-order valence-corrected chi connectivity index (χ3v) is 2.66. The number of benzene rings is 2. The van der Waals surface area contributed by atoms with Crippen LogP contribution in [0.25, 0.3) is 0 Å². The molecule has 2 aromatic rings. The highest BCUT2D eigenvalue weighted by molar-refractivity contribution is 6.39. The molecule has 0 spiro atoms. The molecule has 0 heterocycles. The minimum Gasteiger partial charge on any atom is -0.508 e. The van der Waals surface area contributed by atoms with Crippen molar-refractivity contribution in [2.45, 2.75) is 0 Å². The summed E-state index contributed by atoms with van der Waals surface area (Å²) in [6.45, 7) is 0. The molecule has 4 N–H and O–H groups in total. The van der Waals surface area contributed by atoms with Crippen molar-refractivity contribution in [3.8, 4) is 5.75 Å². The number of phenols is 1. The van der Waals surface area contributed by atoms with Gasteiger partial charge in [0.1, 0.15) is 5.75 Å². The molecule has 0 atom stereocenters. The second-order valence-corrected chi connectivity index (χ2v) is 4.28. The van der Waals surface area contributed by atoms with E-state index < -0.39 is 17.7 Å². The number of aromatic hydroxyl groups is 1. The number of hydrogen-bond acceptors (Lipinski definition) is 4. The first-order valence-electron chi connectivity index (χ1n) is 6.32. The Balaban J connectivity index is 1.85. The van der Waals surface area contributed by atoms with E-state index in [2.05, 4.69) is 10.7 Å². The van der Waals surface area contributed by atoms with E-state index in [1.165, 1.54) is 24.3 Å². The summed E-state index contributed by atoms with van der Waals surface area (Å²) in [6, 6.07) is 13.8. The molecule has 0 fully saturated rings. The molecule has 22 heavy (non-hydrogen) atoms. The highest BCUT2D eigenvalue weighted by Gasteiger charge is 2.15. The van der Waals surface area contributed by atoms with Crippen molar-refractivity contribution in [1.82, 2.24) is 10.9 Å². The number of amides is 3. The molecule has 0 aliphatic carbocycles. The number of anilines is 1. The number of hydrogen-bond donors (Lipinski definition) is 4. The Morgan fingerprint density at radius 1 is 0.773 bits per heavy atom. The molecule has 3 amide bonds. The molecule has 0 aromatic heterocycles. The highest BCUT2D eigenvalue weighted by Crippen LogP contribution is 2.13. The lowest BCUT2D eigenvalue weighted by molar-refractivity contribution is -0.136. The van der Waals surface area contributed by atoms with E-state index in [9.17, 15) is 14.4 Å². The molecule has 0 radical (unpaired) electrons. The Labute approximate surface area is 125 Å². The third-order valence-electron chi connectivity index (χ3n) is 2.66. The lowest BCUT2D eigenvalue weighted by Gasteiger charge is -2.08. The average molecular weight is 299 g/mol. The van der Waals surface area contributed by atoms with Gasteiger partial charge in [-0.2, -0.15) is 0 Å². The molecule has 2 aromatic carbocycles. The zero-order valence-corrected chi connectivity index (χ0v) is 11.4. The molecule has 0 unspecified atom stereocenters. The van der Waals surface area contributed by atoms with Crippen LogP contribution in [0, 0.1) is 0 Å². The van der Waals surface area contributed by atoms with Gasteiger partial charge < -0.3 is 10.4 Å². The minimum absolute atomic E-state index is 0.0394. The van der Waals surface area contributed by atoms with Gasteiger partial charge in [0.05, 0.1) is 0 Å². The average Bonchev–Trinajstić information content (AvgIpc) is 2.55. The lowest BCUT2D eigenvalue weighted by Crippen LogP contribution is -2.46. The maximum atomic E-state index is 11.7. The fraction of sp³-hybridized carbons (Fsp3) is 0. The van der Waals surface area contributed by atoms with Gasteiger partial charge in [0.25, 0.3) is 5.91 Å². The van der Waals surface area contributed by atoms with Gasteiger partial charge in [0, 0.05) is 11.3 Å². The van der Waals surface area contributed by atoms with Gasteiger partial charge in [-0.3, -0.25) is 25.2 Å². The molecule has 0 bridgehead atoms. The first kappa shape index (κ1) is 15.0. The van der Waals surface area contributed by atoms with Crippen molar-refractivity contribution in [3.05, 3.63) is 60.2 Å². The molecule has 0 saturated heterocycles. The second kappa shape index (κ2) is 6.89. The van der Waals surface area contributed by atoms with Gasteiger partial charge in [-0.05, 0) is 36.4 Å². The summed E-state index contributed by atoms with van der Waals surface area (Å²) >= 11 is 0. The fourth-order valence-electron chi connectivity index (χ4n) is 1.56. The van der Waals surface area contributed by atoms with Crippen LogP contribution < -0.4 is 16.2 Å². The quantitative estimate of drug-likeness (QED) is 0.373. The molecular formula is C15H13N3O4. The number of carbonyl (C=O) groups is 3. The normalized spacial score (nSPS) is 9.64. The van der Waals surface area contributed by atoms with Crippen LogP contribution in [0.5, 0.6) is 5.75 Å². The highest BCUT2D eigenvalue weighted by atomic mass is 16.3. The van der Waals surface area contributed by atoms with Crippen molar-refractivity contribution < 1.29 is 19.5 Å². The predicted octanol–water partition coefficient (Wildman–Crippen LogP) is 0.792. The third kappa shape index (κ3) is 4.07. The van der Waals surface area contributed by atoms with E-state index in [0.717, 1.165) is 0 Å². The van der Waals surface area contributed by atoms with Crippen LogP contribution in [0.2, 0.25) is 0 Å².